The van der Waals surface area contributed by atoms with Gasteiger partial charge in [0.2, 0.25) is 5.89 Å². The number of carbonyl (C=O) groups is 1. The molecule has 1 aromatic heterocycles. The van der Waals surface area contributed by atoms with Crippen LogP contribution in [0, 0.1) is 0 Å². The summed E-state index contributed by atoms with van der Waals surface area (Å²) >= 11 is 6.03. The normalized spacial score (nSPS) is 17.0. The van der Waals surface area contributed by atoms with Crippen LogP contribution in [0.25, 0.3) is 0 Å². The van der Waals surface area contributed by atoms with Gasteiger partial charge in [0, 0.05) is 16.5 Å². The predicted molar refractivity (Wildman–Crippen MR) is 85.9 cm³/mol. The molecule has 1 aromatic carbocycles. The van der Waals surface area contributed by atoms with E-state index in [9.17, 15) is 4.79 Å². The lowest BCUT2D eigenvalue weighted by Crippen LogP contribution is -2.40. The van der Waals surface area contributed by atoms with E-state index in [4.69, 9.17) is 20.9 Å². The SMILES string of the molecule is O=C(NCc1noc(C2CC2)n1)N1CCOc2ccc(Cl)cc2C1. The minimum atomic E-state index is -0.191. The Morgan fingerprint density at radius 1 is 1.42 bits per heavy atom. The first-order chi connectivity index (χ1) is 11.7. The summed E-state index contributed by atoms with van der Waals surface area (Å²) in [6.45, 7) is 1.63. The van der Waals surface area contributed by atoms with Crippen LogP contribution >= 0.6 is 11.6 Å². The van der Waals surface area contributed by atoms with Gasteiger partial charge in [-0.1, -0.05) is 16.8 Å². The molecule has 4 rings (SSSR count). The molecule has 0 unspecified atom stereocenters. The molecule has 24 heavy (non-hydrogen) atoms. The van der Waals surface area contributed by atoms with Gasteiger partial charge in [-0.3, -0.25) is 0 Å². The molecule has 1 aliphatic carbocycles. The van der Waals surface area contributed by atoms with Gasteiger partial charge in [0.25, 0.3) is 0 Å². The molecule has 2 amide bonds. The molecule has 8 heteroatoms. The quantitative estimate of drug-likeness (QED) is 0.922. The Hall–Kier alpha value is -2.28. The molecule has 1 N–H and O–H groups in total. The molecule has 2 aromatic rings. The van der Waals surface area contributed by atoms with Gasteiger partial charge in [-0.2, -0.15) is 4.98 Å². The van der Waals surface area contributed by atoms with Crippen molar-refractivity contribution in [2.75, 3.05) is 13.2 Å². The smallest absolute Gasteiger partial charge is 0.318 e. The number of fused-ring (bicyclic) bond motifs is 1. The van der Waals surface area contributed by atoms with E-state index in [1.54, 1.807) is 11.0 Å². The molecule has 0 radical (unpaired) electrons. The van der Waals surface area contributed by atoms with Gasteiger partial charge in [-0.05, 0) is 31.0 Å². The lowest BCUT2D eigenvalue weighted by atomic mass is 10.2. The van der Waals surface area contributed by atoms with E-state index in [-0.39, 0.29) is 12.6 Å². The highest BCUT2D eigenvalue weighted by molar-refractivity contribution is 6.30. The zero-order chi connectivity index (χ0) is 16.5. The predicted octanol–water partition coefficient (Wildman–Crippen LogP) is 2.70. The van der Waals surface area contributed by atoms with Gasteiger partial charge < -0.3 is 19.5 Å². The van der Waals surface area contributed by atoms with Crippen molar-refractivity contribution in [3.63, 3.8) is 0 Å². The number of ether oxygens (including phenoxy) is 1. The fraction of sp³-hybridized carbons (Fsp3) is 0.438. The van der Waals surface area contributed by atoms with Crippen molar-refractivity contribution < 1.29 is 14.1 Å². The maximum atomic E-state index is 12.4. The Balaban J connectivity index is 1.38. The van der Waals surface area contributed by atoms with Crippen molar-refractivity contribution in [3.05, 3.63) is 40.5 Å². The lowest BCUT2D eigenvalue weighted by Gasteiger charge is -2.19. The van der Waals surface area contributed by atoms with Crippen molar-refractivity contribution in [1.29, 1.82) is 0 Å². The summed E-state index contributed by atoms with van der Waals surface area (Å²) < 4.78 is 10.8. The average Bonchev–Trinajstić information content (AvgIpc) is 3.35. The molecule has 2 aliphatic rings. The van der Waals surface area contributed by atoms with Gasteiger partial charge in [0.05, 0.1) is 19.6 Å². The van der Waals surface area contributed by atoms with E-state index < -0.39 is 0 Å². The van der Waals surface area contributed by atoms with E-state index in [1.165, 1.54) is 0 Å². The topological polar surface area (TPSA) is 80.5 Å². The largest absolute Gasteiger partial charge is 0.491 e. The molecule has 1 saturated carbocycles. The van der Waals surface area contributed by atoms with Crippen molar-refractivity contribution in [1.82, 2.24) is 20.4 Å². The highest BCUT2D eigenvalue weighted by Crippen LogP contribution is 2.38. The van der Waals surface area contributed by atoms with Gasteiger partial charge in [0.15, 0.2) is 5.82 Å². The molecule has 0 atom stereocenters. The van der Waals surface area contributed by atoms with Gasteiger partial charge in [-0.25, -0.2) is 4.79 Å². The lowest BCUT2D eigenvalue weighted by molar-refractivity contribution is 0.187. The summed E-state index contributed by atoms with van der Waals surface area (Å²) in [7, 11) is 0. The summed E-state index contributed by atoms with van der Waals surface area (Å²) in [4.78, 5) is 18.4. The number of nitrogens with zero attached hydrogens (tertiary/aromatic N) is 3. The number of rotatable bonds is 3. The maximum absolute atomic E-state index is 12.4. The molecule has 1 aliphatic heterocycles. The summed E-state index contributed by atoms with van der Waals surface area (Å²) in [5, 5.41) is 7.35. The first kappa shape index (κ1) is 15.3. The first-order valence-electron chi connectivity index (χ1n) is 7.95. The number of carbonyl (C=O) groups excluding carboxylic acids is 1. The third kappa shape index (κ3) is 3.31. The second-order valence-electron chi connectivity index (χ2n) is 6.00. The van der Waals surface area contributed by atoms with E-state index in [0.717, 1.165) is 24.2 Å². The first-order valence-corrected chi connectivity index (χ1v) is 8.33. The molecule has 126 valence electrons. The van der Waals surface area contributed by atoms with Crippen molar-refractivity contribution in [2.24, 2.45) is 0 Å². The highest BCUT2D eigenvalue weighted by Gasteiger charge is 2.29. The number of benzene rings is 1. The molecule has 0 saturated heterocycles. The number of amides is 2. The molecule has 0 bridgehead atoms. The summed E-state index contributed by atoms with van der Waals surface area (Å²) in [6, 6.07) is 5.25. The van der Waals surface area contributed by atoms with E-state index in [2.05, 4.69) is 15.5 Å². The maximum Gasteiger partial charge on any atom is 0.318 e. The Bertz CT molecular complexity index is 760. The number of halogens is 1. The van der Waals surface area contributed by atoms with Crippen LogP contribution in [0.4, 0.5) is 4.79 Å². The fourth-order valence-electron chi connectivity index (χ4n) is 2.64. The monoisotopic (exact) mass is 348 g/mol. The van der Waals surface area contributed by atoms with Crippen LogP contribution in [0.2, 0.25) is 5.02 Å². The van der Waals surface area contributed by atoms with Crippen LogP contribution < -0.4 is 10.1 Å². The average molecular weight is 349 g/mol. The molecule has 0 spiro atoms. The van der Waals surface area contributed by atoms with Crippen LogP contribution in [0.15, 0.2) is 22.7 Å². The van der Waals surface area contributed by atoms with Gasteiger partial charge >= 0.3 is 6.03 Å². The van der Waals surface area contributed by atoms with Crippen LogP contribution in [-0.2, 0) is 13.1 Å². The van der Waals surface area contributed by atoms with Crippen molar-refractivity contribution >= 4 is 17.6 Å². The van der Waals surface area contributed by atoms with E-state index in [0.29, 0.717) is 42.4 Å². The second kappa shape index (κ2) is 6.32. The minimum absolute atomic E-state index is 0.191. The number of aromatic nitrogens is 2. The molecule has 7 nitrogen and oxygen atoms in total. The van der Waals surface area contributed by atoms with E-state index >= 15 is 0 Å². The van der Waals surface area contributed by atoms with Crippen LogP contribution in [-0.4, -0.2) is 34.2 Å². The van der Waals surface area contributed by atoms with Crippen molar-refractivity contribution in [3.8, 4) is 5.75 Å². The number of hydrogen-bond acceptors (Lipinski definition) is 5. The Kier molecular flexibility index (Phi) is 4.02. The summed E-state index contributed by atoms with van der Waals surface area (Å²) in [6.07, 6.45) is 2.20. The highest BCUT2D eigenvalue weighted by atomic mass is 35.5. The molecule has 2 heterocycles. The van der Waals surface area contributed by atoms with Gasteiger partial charge in [0.1, 0.15) is 12.4 Å². The van der Waals surface area contributed by atoms with Crippen LogP contribution in [0.1, 0.15) is 36.0 Å². The third-order valence-electron chi connectivity index (χ3n) is 4.10. The van der Waals surface area contributed by atoms with Crippen LogP contribution in [0.5, 0.6) is 5.75 Å². The second-order valence-corrected chi connectivity index (χ2v) is 6.44. The van der Waals surface area contributed by atoms with Gasteiger partial charge in [-0.15, -0.1) is 0 Å². The Labute approximate surface area is 143 Å². The molecular weight excluding hydrogens is 332 g/mol. The molecule has 1 fully saturated rings. The zero-order valence-corrected chi connectivity index (χ0v) is 13.8. The fourth-order valence-corrected chi connectivity index (χ4v) is 2.83. The standard InChI is InChI=1S/C16H17ClN4O3/c17-12-3-4-13-11(7-12)9-21(5-6-23-13)16(22)18-8-14-19-15(24-20-14)10-1-2-10/h3-4,7,10H,1-2,5-6,8-9H2,(H,18,22). The number of hydrogen-bond donors (Lipinski definition) is 1. The van der Waals surface area contributed by atoms with Crippen molar-refractivity contribution in [2.45, 2.75) is 31.8 Å². The molecular formula is C16H17ClN4O3. The Morgan fingerprint density at radius 2 is 2.29 bits per heavy atom. The Morgan fingerprint density at radius 3 is 3.12 bits per heavy atom. The minimum Gasteiger partial charge on any atom is -0.491 e. The van der Waals surface area contributed by atoms with E-state index in [1.807, 2.05) is 12.1 Å². The summed E-state index contributed by atoms with van der Waals surface area (Å²) in [5.41, 5.74) is 0.894. The summed E-state index contributed by atoms with van der Waals surface area (Å²) in [5.74, 6) is 2.35. The third-order valence-corrected chi connectivity index (χ3v) is 4.33. The zero-order valence-electron chi connectivity index (χ0n) is 13.0. The number of urea groups is 1. The number of nitrogens with one attached hydrogen (secondary N) is 1. The van der Waals surface area contributed by atoms with Crippen LogP contribution in [0.3, 0.4) is 0 Å².